The zero-order valence-corrected chi connectivity index (χ0v) is 10.1. The van der Waals surface area contributed by atoms with E-state index in [-0.39, 0.29) is 17.5 Å². The van der Waals surface area contributed by atoms with Crippen molar-refractivity contribution < 1.29 is 8.42 Å². The number of amidine groups is 1. The second kappa shape index (κ2) is 5.37. The Morgan fingerprint density at radius 3 is 2.93 bits per heavy atom. The maximum atomic E-state index is 11.3. The molecule has 0 spiro atoms. The Kier molecular flexibility index (Phi) is 4.42. The smallest absolute Gasteiger partial charge is 0.183 e. The van der Waals surface area contributed by atoms with Crippen molar-refractivity contribution in [2.24, 2.45) is 4.99 Å². The van der Waals surface area contributed by atoms with Crippen LogP contribution in [0.1, 0.15) is 12.8 Å². The highest BCUT2D eigenvalue weighted by Gasteiger charge is 2.24. The van der Waals surface area contributed by atoms with Crippen molar-refractivity contribution >= 4 is 26.8 Å². The van der Waals surface area contributed by atoms with Crippen LogP contribution in [0.5, 0.6) is 0 Å². The highest BCUT2D eigenvalue weighted by Crippen LogP contribution is 2.16. The van der Waals surface area contributed by atoms with E-state index in [0.717, 1.165) is 6.42 Å². The lowest BCUT2D eigenvalue weighted by Crippen LogP contribution is -2.29. The van der Waals surface area contributed by atoms with Crippen molar-refractivity contribution in [2.75, 3.05) is 17.8 Å². The first kappa shape index (κ1) is 12.3. The number of hydrogen-bond acceptors (Lipinski definition) is 5. The molecule has 15 heavy (non-hydrogen) atoms. The molecule has 1 atom stereocenters. The van der Waals surface area contributed by atoms with Gasteiger partial charge >= 0.3 is 0 Å². The summed E-state index contributed by atoms with van der Waals surface area (Å²) >= 11 is 1.31. The van der Waals surface area contributed by atoms with E-state index in [2.05, 4.69) is 10.3 Å². The van der Waals surface area contributed by atoms with Gasteiger partial charge in [0, 0.05) is 0 Å². The quantitative estimate of drug-likeness (QED) is 0.313. The Balaban J connectivity index is 2.68. The van der Waals surface area contributed by atoms with Gasteiger partial charge in [-0.2, -0.15) is 5.26 Å². The summed E-state index contributed by atoms with van der Waals surface area (Å²) in [5.41, 5.74) is 0. The molecule has 1 rings (SSSR count). The number of hydrogen-bond donors (Lipinski definition) is 1. The molecular weight excluding hydrogens is 234 g/mol. The highest BCUT2D eigenvalue weighted by atomic mass is 32.2. The van der Waals surface area contributed by atoms with Gasteiger partial charge in [-0.05, 0) is 19.1 Å². The van der Waals surface area contributed by atoms with E-state index in [0.29, 0.717) is 11.6 Å². The fraction of sp³-hybridized carbons (Fsp3) is 0.750. The number of sulfone groups is 1. The molecule has 1 N–H and O–H groups in total. The van der Waals surface area contributed by atoms with Gasteiger partial charge in [0.05, 0.1) is 17.5 Å². The molecule has 7 heteroatoms. The topological polar surface area (TPSA) is 82.3 Å². The standard InChI is InChI=1S/C8H13N3O2S2/c1-14-8(10-6-9)11-7-3-2-4-15(12,13)5-7/h7H,2-5H2,1H3,(H,10,11). The monoisotopic (exact) mass is 247 g/mol. The number of nitrogens with one attached hydrogen (secondary N) is 1. The second-order valence-corrected chi connectivity index (χ2v) is 6.31. The van der Waals surface area contributed by atoms with Gasteiger partial charge in [-0.15, -0.1) is 0 Å². The Morgan fingerprint density at radius 1 is 1.67 bits per heavy atom. The number of aliphatic imine (C=N–C) groups is 1. The highest BCUT2D eigenvalue weighted by molar-refractivity contribution is 8.13. The minimum Gasteiger partial charge on any atom is -0.272 e. The van der Waals surface area contributed by atoms with Crippen LogP contribution < -0.4 is 5.32 Å². The summed E-state index contributed by atoms with van der Waals surface area (Å²) in [7, 11) is -2.93. The van der Waals surface area contributed by atoms with Crippen molar-refractivity contribution in [3.8, 4) is 6.19 Å². The zero-order valence-electron chi connectivity index (χ0n) is 8.43. The van der Waals surface area contributed by atoms with Crippen LogP contribution >= 0.6 is 11.8 Å². The first-order chi connectivity index (χ1) is 7.07. The summed E-state index contributed by atoms with van der Waals surface area (Å²) < 4.78 is 22.7. The lowest BCUT2D eigenvalue weighted by molar-refractivity contribution is 0.553. The maximum Gasteiger partial charge on any atom is 0.183 e. The average Bonchev–Trinajstić information content (AvgIpc) is 2.15. The number of rotatable bonds is 1. The van der Waals surface area contributed by atoms with Crippen molar-refractivity contribution in [3.05, 3.63) is 0 Å². The van der Waals surface area contributed by atoms with Crippen molar-refractivity contribution in [2.45, 2.75) is 18.9 Å². The third-order valence-electron chi connectivity index (χ3n) is 2.10. The number of thioether (sulfide) groups is 1. The Bertz CT molecular complexity index is 383. The number of nitrogens with zero attached hydrogens (tertiary/aromatic N) is 2. The van der Waals surface area contributed by atoms with Crippen molar-refractivity contribution in [1.29, 1.82) is 5.26 Å². The lowest BCUT2D eigenvalue weighted by atomic mass is 10.2. The predicted octanol–water partition coefficient (Wildman–Crippen LogP) is 0.353. The Labute approximate surface area is 93.9 Å². The predicted molar refractivity (Wildman–Crippen MR) is 61.4 cm³/mol. The Morgan fingerprint density at radius 2 is 2.40 bits per heavy atom. The fourth-order valence-electron chi connectivity index (χ4n) is 1.45. The summed E-state index contributed by atoms with van der Waals surface area (Å²) in [5, 5.41) is 11.3. The van der Waals surface area contributed by atoms with Crippen LogP contribution in [0.25, 0.3) is 0 Å². The molecule has 0 aromatic heterocycles. The van der Waals surface area contributed by atoms with Gasteiger partial charge < -0.3 is 0 Å². The van der Waals surface area contributed by atoms with E-state index >= 15 is 0 Å². The number of nitriles is 1. The van der Waals surface area contributed by atoms with E-state index in [1.165, 1.54) is 11.8 Å². The molecule has 84 valence electrons. The van der Waals surface area contributed by atoms with E-state index < -0.39 is 9.84 Å². The molecule has 1 saturated heterocycles. The summed E-state index contributed by atoms with van der Waals surface area (Å²) in [5.74, 6) is 0.365. The molecule has 1 unspecified atom stereocenters. The molecule has 0 aromatic carbocycles. The van der Waals surface area contributed by atoms with Gasteiger partial charge in [0.25, 0.3) is 0 Å². The second-order valence-electron chi connectivity index (χ2n) is 3.29. The average molecular weight is 247 g/mol. The Hall–Kier alpha value is -0.740. The third-order valence-corrected chi connectivity index (χ3v) is 4.49. The molecule has 1 aliphatic heterocycles. The van der Waals surface area contributed by atoms with Crippen LogP contribution in [0, 0.1) is 11.5 Å². The van der Waals surface area contributed by atoms with Gasteiger partial charge in [-0.25, -0.2) is 8.42 Å². The van der Waals surface area contributed by atoms with Crippen LogP contribution in [0.3, 0.4) is 0 Å². The van der Waals surface area contributed by atoms with Crippen LogP contribution in [0.2, 0.25) is 0 Å². The fourth-order valence-corrected chi connectivity index (χ4v) is 3.45. The molecule has 0 bridgehead atoms. The molecule has 0 amide bonds. The molecule has 1 heterocycles. The van der Waals surface area contributed by atoms with Crippen molar-refractivity contribution in [3.63, 3.8) is 0 Å². The molecule has 0 saturated carbocycles. The third kappa shape index (κ3) is 4.10. The summed E-state index contributed by atoms with van der Waals surface area (Å²) in [4.78, 5) is 4.21. The molecule has 5 nitrogen and oxygen atoms in total. The summed E-state index contributed by atoms with van der Waals surface area (Å²) in [6.07, 6.45) is 5.00. The summed E-state index contributed by atoms with van der Waals surface area (Å²) in [6, 6.07) is -0.202. The van der Waals surface area contributed by atoms with Gasteiger partial charge in [-0.1, -0.05) is 11.8 Å². The zero-order chi connectivity index (χ0) is 11.3. The normalized spacial score (nSPS) is 25.6. The minimum atomic E-state index is -2.93. The van der Waals surface area contributed by atoms with E-state index in [1.54, 1.807) is 12.4 Å². The largest absolute Gasteiger partial charge is 0.272 e. The maximum absolute atomic E-state index is 11.3. The van der Waals surface area contributed by atoms with Crippen LogP contribution in [0.4, 0.5) is 0 Å². The van der Waals surface area contributed by atoms with Crippen LogP contribution in [-0.2, 0) is 9.84 Å². The van der Waals surface area contributed by atoms with Gasteiger partial charge in [-0.3, -0.25) is 10.3 Å². The van der Waals surface area contributed by atoms with E-state index in [4.69, 9.17) is 5.26 Å². The SMILES string of the molecule is CSC(=NC1CCCS(=O)(=O)C1)NC#N. The van der Waals surface area contributed by atoms with Crippen LogP contribution in [-0.4, -0.2) is 37.4 Å². The van der Waals surface area contributed by atoms with Gasteiger partial charge in [0.15, 0.2) is 21.2 Å². The van der Waals surface area contributed by atoms with Crippen LogP contribution in [0.15, 0.2) is 4.99 Å². The molecule has 0 aromatic rings. The van der Waals surface area contributed by atoms with E-state index in [1.807, 2.05) is 0 Å². The van der Waals surface area contributed by atoms with Crippen molar-refractivity contribution in [1.82, 2.24) is 5.32 Å². The molecule has 1 aliphatic rings. The first-order valence-electron chi connectivity index (χ1n) is 4.54. The molecule has 0 radical (unpaired) electrons. The van der Waals surface area contributed by atoms with Gasteiger partial charge in [0.2, 0.25) is 0 Å². The van der Waals surface area contributed by atoms with E-state index in [9.17, 15) is 8.42 Å². The molecular formula is C8H13N3O2S2. The molecule has 0 aliphatic carbocycles. The summed E-state index contributed by atoms with van der Waals surface area (Å²) in [6.45, 7) is 0. The lowest BCUT2D eigenvalue weighted by Gasteiger charge is -2.18. The minimum absolute atomic E-state index is 0.101. The van der Waals surface area contributed by atoms with Gasteiger partial charge in [0.1, 0.15) is 0 Å². The first-order valence-corrected chi connectivity index (χ1v) is 7.59. The molecule has 1 fully saturated rings.